The normalized spacial score (nSPS) is 11.5. The number of para-hydroxylation sites is 2. The molecule has 5 nitrogen and oxygen atoms in total. The maximum atomic E-state index is 12.5. The molecule has 10 heteroatoms. The third-order valence-electron chi connectivity index (χ3n) is 3.61. The number of aryl methyl sites for hydroxylation is 1. The highest BCUT2D eigenvalue weighted by molar-refractivity contribution is 7.22. The first-order valence-electron chi connectivity index (χ1n) is 7.23. The van der Waals surface area contributed by atoms with E-state index in [9.17, 15) is 13.2 Å². The van der Waals surface area contributed by atoms with Crippen LogP contribution in [0.1, 0.15) is 0 Å². The van der Waals surface area contributed by atoms with Gasteiger partial charge in [0.05, 0.1) is 22.2 Å². The summed E-state index contributed by atoms with van der Waals surface area (Å²) in [5.74, 6) is -0.308. The van der Waals surface area contributed by atoms with E-state index in [1.807, 2.05) is 23.7 Å². The number of rotatable bonds is 3. The Morgan fingerprint density at radius 1 is 1.12 bits per heavy atom. The van der Waals surface area contributed by atoms with Gasteiger partial charge < -0.3 is 14.6 Å². The Labute approximate surface area is 155 Å². The Morgan fingerprint density at radius 2 is 1.88 bits per heavy atom. The van der Waals surface area contributed by atoms with Crippen molar-refractivity contribution in [1.29, 1.82) is 0 Å². The van der Waals surface area contributed by atoms with Crippen molar-refractivity contribution in [3.63, 3.8) is 0 Å². The van der Waals surface area contributed by atoms with Crippen LogP contribution in [-0.2, 0) is 7.05 Å². The molecule has 136 valence electrons. The van der Waals surface area contributed by atoms with Crippen molar-refractivity contribution < 1.29 is 17.9 Å². The molecule has 1 N–H and O–H groups in total. The van der Waals surface area contributed by atoms with Gasteiger partial charge in [0.1, 0.15) is 11.0 Å². The van der Waals surface area contributed by atoms with E-state index in [2.05, 4.69) is 20.0 Å². The third-order valence-corrected chi connectivity index (χ3v) is 4.54. The van der Waals surface area contributed by atoms with Gasteiger partial charge >= 0.3 is 6.36 Å². The molecule has 0 radical (unpaired) electrons. The van der Waals surface area contributed by atoms with Crippen molar-refractivity contribution >= 4 is 55.8 Å². The minimum absolute atomic E-state index is 0. The number of thiazole rings is 1. The summed E-state index contributed by atoms with van der Waals surface area (Å²) in [4.78, 5) is 8.82. The number of hydrogen-bond acceptors (Lipinski definition) is 5. The smallest absolute Gasteiger partial charge is 0.404 e. The monoisotopic (exact) mass is 400 g/mol. The molecule has 4 rings (SSSR count). The van der Waals surface area contributed by atoms with Gasteiger partial charge in [-0.2, -0.15) is 0 Å². The molecule has 0 bridgehead atoms. The topological polar surface area (TPSA) is 52.0 Å². The van der Waals surface area contributed by atoms with Crippen molar-refractivity contribution in [3.05, 3.63) is 42.7 Å². The van der Waals surface area contributed by atoms with Gasteiger partial charge in [-0.3, -0.25) is 0 Å². The molecule has 2 aromatic heterocycles. The van der Waals surface area contributed by atoms with Gasteiger partial charge in [0, 0.05) is 7.05 Å². The molecule has 0 saturated carbocycles. The summed E-state index contributed by atoms with van der Waals surface area (Å²) >= 11 is 1.33. The number of ether oxygens (including phenoxy) is 1. The van der Waals surface area contributed by atoms with Gasteiger partial charge in [0.2, 0.25) is 0 Å². The molecule has 0 aliphatic rings. The standard InChI is InChI=1S/C16H11F3N4OS.ClH/c1-23-8-20-13-10(23)6-7-12-14(13)22-15(25-12)21-9-4-2-3-5-11(9)24-16(17,18)19;/h2-8H,1H3,(H,21,22);1H. The van der Waals surface area contributed by atoms with Gasteiger partial charge in [-0.25, -0.2) is 9.97 Å². The van der Waals surface area contributed by atoms with E-state index in [1.54, 1.807) is 12.4 Å². The maximum absolute atomic E-state index is 12.5. The first-order valence-corrected chi connectivity index (χ1v) is 8.05. The number of fused-ring (bicyclic) bond motifs is 3. The third kappa shape index (κ3) is 3.40. The number of halogens is 4. The largest absolute Gasteiger partial charge is 0.573 e. The zero-order valence-corrected chi connectivity index (χ0v) is 14.9. The predicted molar refractivity (Wildman–Crippen MR) is 97.5 cm³/mol. The number of alkyl halides is 3. The van der Waals surface area contributed by atoms with E-state index >= 15 is 0 Å². The summed E-state index contributed by atoms with van der Waals surface area (Å²) in [6, 6.07) is 9.70. The van der Waals surface area contributed by atoms with Gasteiger partial charge in [0.25, 0.3) is 0 Å². The molecule has 0 atom stereocenters. The minimum atomic E-state index is -4.76. The quantitative estimate of drug-likeness (QED) is 0.510. The fourth-order valence-electron chi connectivity index (χ4n) is 2.54. The van der Waals surface area contributed by atoms with Crippen LogP contribution in [0.15, 0.2) is 42.7 Å². The Morgan fingerprint density at radius 3 is 2.65 bits per heavy atom. The number of hydrogen-bond donors (Lipinski definition) is 1. The van der Waals surface area contributed by atoms with Crippen molar-refractivity contribution in [2.45, 2.75) is 6.36 Å². The fourth-order valence-corrected chi connectivity index (χ4v) is 3.42. The molecular formula is C16H12ClF3N4OS. The van der Waals surface area contributed by atoms with Crippen LogP contribution in [0.3, 0.4) is 0 Å². The molecule has 0 aliphatic heterocycles. The van der Waals surface area contributed by atoms with Crippen molar-refractivity contribution in [2.24, 2.45) is 7.05 Å². The molecule has 2 aromatic carbocycles. The Bertz CT molecular complexity index is 1080. The Hall–Kier alpha value is -2.52. The summed E-state index contributed by atoms with van der Waals surface area (Å²) in [6.07, 6.45) is -3.06. The molecule has 0 spiro atoms. The lowest BCUT2D eigenvalue weighted by Gasteiger charge is -2.13. The predicted octanol–water partition coefficient (Wildman–Crippen LogP) is 5.25. The summed E-state index contributed by atoms with van der Waals surface area (Å²) < 4.78 is 44.4. The average Bonchev–Trinajstić information content (AvgIpc) is 3.11. The number of aromatic nitrogens is 3. The molecule has 0 unspecified atom stereocenters. The zero-order chi connectivity index (χ0) is 17.6. The number of nitrogens with one attached hydrogen (secondary N) is 1. The van der Waals surface area contributed by atoms with E-state index < -0.39 is 6.36 Å². The maximum Gasteiger partial charge on any atom is 0.573 e. The van der Waals surface area contributed by atoms with Gasteiger partial charge in [-0.15, -0.1) is 25.6 Å². The highest BCUT2D eigenvalue weighted by atomic mass is 35.5. The van der Waals surface area contributed by atoms with Gasteiger partial charge in [-0.1, -0.05) is 23.5 Å². The Balaban J connectivity index is 0.00000196. The first-order chi connectivity index (χ1) is 11.9. The van der Waals surface area contributed by atoms with Crippen LogP contribution in [0, 0.1) is 0 Å². The van der Waals surface area contributed by atoms with Gasteiger partial charge in [0.15, 0.2) is 10.9 Å². The van der Waals surface area contributed by atoms with Crippen LogP contribution >= 0.6 is 23.7 Å². The van der Waals surface area contributed by atoms with Crippen molar-refractivity contribution in [1.82, 2.24) is 14.5 Å². The van der Waals surface area contributed by atoms with Crippen LogP contribution < -0.4 is 10.1 Å². The summed E-state index contributed by atoms with van der Waals surface area (Å²) in [5.41, 5.74) is 2.59. The first kappa shape index (κ1) is 18.3. The van der Waals surface area contributed by atoms with Crippen LogP contribution in [0.4, 0.5) is 24.0 Å². The zero-order valence-electron chi connectivity index (χ0n) is 13.2. The van der Waals surface area contributed by atoms with E-state index in [4.69, 9.17) is 0 Å². The molecule has 26 heavy (non-hydrogen) atoms. The van der Waals surface area contributed by atoms with E-state index in [0.29, 0.717) is 10.6 Å². The molecule has 0 fully saturated rings. The second kappa shape index (κ2) is 6.65. The number of anilines is 2. The van der Waals surface area contributed by atoms with Gasteiger partial charge in [-0.05, 0) is 24.3 Å². The summed E-state index contributed by atoms with van der Waals surface area (Å²) in [7, 11) is 1.89. The molecule has 0 amide bonds. The minimum Gasteiger partial charge on any atom is -0.404 e. The highest BCUT2D eigenvalue weighted by Crippen LogP contribution is 2.36. The van der Waals surface area contributed by atoms with E-state index in [-0.39, 0.29) is 23.8 Å². The second-order valence-electron chi connectivity index (χ2n) is 5.32. The van der Waals surface area contributed by atoms with Crippen molar-refractivity contribution in [2.75, 3.05) is 5.32 Å². The summed E-state index contributed by atoms with van der Waals surface area (Å²) in [6.45, 7) is 0. The SMILES string of the molecule is Cl.Cn1cnc2c3nc(Nc4ccccc4OC(F)(F)F)sc3ccc21. The van der Waals surface area contributed by atoms with Crippen LogP contribution in [0.5, 0.6) is 5.75 Å². The lowest BCUT2D eigenvalue weighted by atomic mass is 10.3. The summed E-state index contributed by atoms with van der Waals surface area (Å²) in [5, 5.41) is 3.37. The lowest BCUT2D eigenvalue weighted by molar-refractivity contribution is -0.274. The highest BCUT2D eigenvalue weighted by Gasteiger charge is 2.32. The molecular weight excluding hydrogens is 389 g/mol. The molecule has 0 saturated heterocycles. The second-order valence-corrected chi connectivity index (χ2v) is 6.35. The van der Waals surface area contributed by atoms with E-state index in [1.165, 1.54) is 29.5 Å². The van der Waals surface area contributed by atoms with Crippen molar-refractivity contribution in [3.8, 4) is 5.75 Å². The van der Waals surface area contributed by atoms with Crippen LogP contribution in [0.2, 0.25) is 0 Å². The molecule has 4 aromatic rings. The molecule has 2 heterocycles. The van der Waals surface area contributed by atoms with Crippen LogP contribution in [0.25, 0.3) is 21.3 Å². The Kier molecular flexibility index (Phi) is 4.68. The lowest BCUT2D eigenvalue weighted by Crippen LogP contribution is -2.17. The van der Waals surface area contributed by atoms with E-state index in [0.717, 1.165) is 15.7 Å². The molecule has 0 aliphatic carbocycles. The average molecular weight is 401 g/mol. The fraction of sp³-hybridized carbons (Fsp3) is 0.125. The number of benzene rings is 2. The number of nitrogens with zero attached hydrogens (tertiary/aromatic N) is 3. The van der Waals surface area contributed by atoms with Crippen LogP contribution in [-0.4, -0.2) is 20.9 Å². The number of imidazole rings is 1.